The molecular weight excluding hydrogens is 430 g/mol. The minimum Gasteiger partial charge on any atom is -0.371 e. The SMILES string of the molecule is C[C@H]1CC2CN(C(=O)COCC3(c4cccc5ncnn45)CC3)CC1N2c1ccc(C#N)cn1. The van der Waals surface area contributed by atoms with Gasteiger partial charge in [0.2, 0.25) is 5.91 Å². The van der Waals surface area contributed by atoms with E-state index >= 15 is 0 Å². The summed E-state index contributed by atoms with van der Waals surface area (Å²) < 4.78 is 7.88. The normalized spacial score (nSPS) is 24.9. The lowest BCUT2D eigenvalue weighted by atomic mass is 10.0. The van der Waals surface area contributed by atoms with E-state index in [2.05, 4.69) is 39.0 Å². The molecule has 3 fully saturated rings. The maximum absolute atomic E-state index is 13.1. The molecule has 9 heteroatoms. The van der Waals surface area contributed by atoms with Crippen LogP contribution in [0.4, 0.5) is 5.82 Å². The standard InChI is InChI=1S/C25H27N7O2/c1-17-9-19-12-30(13-20(17)31(19)22-6-5-18(10-26)11-27-22)24(33)14-34-15-25(7-8-25)21-3-2-4-23-28-16-29-32(21)23/h2-6,11,16-17,19-20H,7-9,12-15H2,1H3/t17-,19?,20?/m0/s1. The number of pyridine rings is 2. The number of nitriles is 1. The highest BCUT2D eigenvalue weighted by molar-refractivity contribution is 5.78. The third-order valence-corrected chi connectivity index (χ3v) is 7.69. The van der Waals surface area contributed by atoms with Crippen LogP contribution >= 0.6 is 0 Å². The fourth-order valence-electron chi connectivity index (χ4n) is 5.69. The minimum absolute atomic E-state index is 0.0475. The molecule has 3 atom stereocenters. The number of aromatic nitrogens is 4. The Kier molecular flexibility index (Phi) is 4.99. The van der Waals surface area contributed by atoms with E-state index in [1.54, 1.807) is 12.5 Å². The van der Waals surface area contributed by atoms with Crippen molar-refractivity contribution in [1.82, 2.24) is 24.5 Å². The lowest BCUT2D eigenvalue weighted by Gasteiger charge is -2.42. The van der Waals surface area contributed by atoms with Crippen molar-refractivity contribution in [3.05, 3.63) is 54.1 Å². The number of ether oxygens (including phenoxy) is 1. The van der Waals surface area contributed by atoms with Crippen LogP contribution in [0.2, 0.25) is 0 Å². The average molecular weight is 458 g/mol. The Labute approximate surface area is 198 Å². The molecule has 1 saturated carbocycles. The first kappa shape index (κ1) is 21.1. The molecule has 2 saturated heterocycles. The van der Waals surface area contributed by atoms with Gasteiger partial charge in [0, 0.05) is 30.7 Å². The van der Waals surface area contributed by atoms with Gasteiger partial charge in [-0.05, 0) is 49.4 Å². The molecule has 6 rings (SSSR count). The fourth-order valence-corrected chi connectivity index (χ4v) is 5.69. The van der Waals surface area contributed by atoms with Crippen LogP contribution in [-0.4, -0.2) is 68.8 Å². The van der Waals surface area contributed by atoms with Gasteiger partial charge in [0.05, 0.1) is 23.9 Å². The molecule has 174 valence electrons. The molecule has 3 aromatic rings. The van der Waals surface area contributed by atoms with E-state index in [1.807, 2.05) is 33.7 Å². The molecule has 0 spiro atoms. The quantitative estimate of drug-likeness (QED) is 0.559. The van der Waals surface area contributed by atoms with Crippen LogP contribution < -0.4 is 4.90 Å². The van der Waals surface area contributed by atoms with Crippen molar-refractivity contribution in [2.24, 2.45) is 5.92 Å². The van der Waals surface area contributed by atoms with Crippen LogP contribution in [-0.2, 0) is 14.9 Å². The Morgan fingerprint density at radius 1 is 1.24 bits per heavy atom. The predicted molar refractivity (Wildman–Crippen MR) is 124 cm³/mol. The summed E-state index contributed by atoms with van der Waals surface area (Å²) in [5.74, 6) is 1.41. The number of piperazine rings is 1. The number of fused-ring (bicyclic) bond motifs is 3. The van der Waals surface area contributed by atoms with Crippen molar-refractivity contribution < 1.29 is 9.53 Å². The molecule has 3 aromatic heterocycles. The molecule has 0 radical (unpaired) electrons. The van der Waals surface area contributed by atoms with Crippen molar-refractivity contribution in [3.63, 3.8) is 0 Å². The lowest BCUT2D eigenvalue weighted by Crippen LogP contribution is -2.57. The van der Waals surface area contributed by atoms with Crippen molar-refractivity contribution in [2.75, 3.05) is 31.2 Å². The van der Waals surface area contributed by atoms with Crippen molar-refractivity contribution in [1.29, 1.82) is 5.26 Å². The summed E-state index contributed by atoms with van der Waals surface area (Å²) in [6.07, 6.45) is 6.28. The van der Waals surface area contributed by atoms with Gasteiger partial charge in [0.1, 0.15) is 24.8 Å². The zero-order valence-corrected chi connectivity index (χ0v) is 19.2. The zero-order valence-electron chi connectivity index (χ0n) is 19.2. The van der Waals surface area contributed by atoms with E-state index < -0.39 is 0 Å². The molecule has 1 amide bonds. The van der Waals surface area contributed by atoms with Gasteiger partial charge in [-0.1, -0.05) is 13.0 Å². The predicted octanol–water partition coefficient (Wildman–Crippen LogP) is 2.17. The van der Waals surface area contributed by atoms with E-state index in [1.165, 1.54) is 0 Å². The second-order valence-corrected chi connectivity index (χ2v) is 9.87. The van der Waals surface area contributed by atoms with Crippen LogP contribution in [0.25, 0.3) is 5.65 Å². The molecule has 34 heavy (non-hydrogen) atoms. The zero-order chi connectivity index (χ0) is 23.3. The summed E-state index contributed by atoms with van der Waals surface area (Å²) in [6.45, 7) is 4.20. The Bertz CT molecular complexity index is 1260. The molecule has 2 bridgehead atoms. The van der Waals surface area contributed by atoms with Gasteiger partial charge in [-0.3, -0.25) is 4.79 Å². The number of hydrogen-bond donors (Lipinski definition) is 0. The third-order valence-electron chi connectivity index (χ3n) is 7.69. The molecule has 3 aliphatic rings. The number of anilines is 1. The monoisotopic (exact) mass is 457 g/mol. The van der Waals surface area contributed by atoms with Gasteiger partial charge >= 0.3 is 0 Å². The fraction of sp³-hybridized carbons (Fsp3) is 0.480. The highest BCUT2D eigenvalue weighted by Gasteiger charge is 2.48. The smallest absolute Gasteiger partial charge is 0.248 e. The maximum Gasteiger partial charge on any atom is 0.248 e. The molecule has 0 N–H and O–H groups in total. The van der Waals surface area contributed by atoms with Crippen molar-refractivity contribution >= 4 is 17.4 Å². The molecule has 5 heterocycles. The van der Waals surface area contributed by atoms with Crippen LogP contribution in [0.5, 0.6) is 0 Å². The first-order valence-corrected chi connectivity index (χ1v) is 11.9. The number of rotatable bonds is 6. The molecule has 9 nitrogen and oxygen atoms in total. The molecule has 1 aliphatic carbocycles. The van der Waals surface area contributed by atoms with Crippen molar-refractivity contribution in [2.45, 2.75) is 43.7 Å². The van der Waals surface area contributed by atoms with Crippen LogP contribution in [0.1, 0.15) is 37.4 Å². The summed E-state index contributed by atoms with van der Waals surface area (Å²) in [6, 6.07) is 12.3. The van der Waals surface area contributed by atoms with E-state index in [0.29, 0.717) is 31.2 Å². The van der Waals surface area contributed by atoms with Gasteiger partial charge < -0.3 is 14.5 Å². The Hall–Kier alpha value is -3.51. The van der Waals surface area contributed by atoms with E-state index in [4.69, 9.17) is 10.00 Å². The number of likely N-dealkylation sites (tertiary alicyclic amines) is 1. The summed E-state index contributed by atoms with van der Waals surface area (Å²) >= 11 is 0. The van der Waals surface area contributed by atoms with Gasteiger partial charge in [0.15, 0.2) is 5.65 Å². The summed E-state index contributed by atoms with van der Waals surface area (Å²) in [5, 5.41) is 13.4. The second-order valence-electron chi connectivity index (χ2n) is 9.87. The number of carbonyl (C=O) groups is 1. The van der Waals surface area contributed by atoms with E-state index in [9.17, 15) is 4.79 Å². The number of carbonyl (C=O) groups excluding carboxylic acids is 1. The summed E-state index contributed by atoms with van der Waals surface area (Å²) in [5.41, 5.74) is 2.41. The number of hydrogen-bond acceptors (Lipinski definition) is 7. The van der Waals surface area contributed by atoms with Crippen LogP contribution in [0, 0.1) is 17.2 Å². The highest BCUT2D eigenvalue weighted by atomic mass is 16.5. The minimum atomic E-state index is -0.0824. The van der Waals surface area contributed by atoms with Gasteiger partial charge in [0.25, 0.3) is 0 Å². The second kappa shape index (κ2) is 8.06. The topological polar surface area (TPSA) is 99.7 Å². The highest BCUT2D eigenvalue weighted by Crippen LogP contribution is 2.48. The van der Waals surface area contributed by atoms with Gasteiger partial charge in [-0.25, -0.2) is 14.5 Å². The molecule has 2 aliphatic heterocycles. The average Bonchev–Trinajstić information content (AvgIpc) is 3.42. The van der Waals surface area contributed by atoms with Crippen LogP contribution in [0.15, 0.2) is 42.9 Å². The van der Waals surface area contributed by atoms with Crippen molar-refractivity contribution in [3.8, 4) is 6.07 Å². The van der Waals surface area contributed by atoms with Gasteiger partial charge in [-0.15, -0.1) is 0 Å². The third kappa shape index (κ3) is 3.49. The van der Waals surface area contributed by atoms with Gasteiger partial charge in [-0.2, -0.15) is 10.4 Å². The molecule has 0 aromatic carbocycles. The Morgan fingerprint density at radius 2 is 2.12 bits per heavy atom. The van der Waals surface area contributed by atoms with E-state index in [0.717, 1.165) is 36.4 Å². The number of amides is 1. The molecular formula is C25H27N7O2. The first-order chi connectivity index (χ1) is 16.6. The first-order valence-electron chi connectivity index (χ1n) is 11.9. The lowest BCUT2D eigenvalue weighted by molar-refractivity contribution is -0.137. The largest absolute Gasteiger partial charge is 0.371 e. The van der Waals surface area contributed by atoms with Crippen LogP contribution in [0.3, 0.4) is 0 Å². The number of nitrogens with zero attached hydrogens (tertiary/aromatic N) is 7. The maximum atomic E-state index is 13.1. The molecule has 2 unspecified atom stereocenters. The Morgan fingerprint density at radius 3 is 2.85 bits per heavy atom. The summed E-state index contributed by atoms with van der Waals surface area (Å²) in [4.78, 5) is 26.2. The Balaban J connectivity index is 1.09. The summed E-state index contributed by atoms with van der Waals surface area (Å²) in [7, 11) is 0. The van der Waals surface area contributed by atoms with E-state index in [-0.39, 0.29) is 30.0 Å².